The van der Waals surface area contributed by atoms with Crippen molar-refractivity contribution in [3.63, 3.8) is 0 Å². The highest BCUT2D eigenvalue weighted by Gasteiger charge is 2.22. The van der Waals surface area contributed by atoms with Gasteiger partial charge in [0.15, 0.2) is 5.13 Å². The van der Waals surface area contributed by atoms with Crippen LogP contribution in [0.4, 0.5) is 5.13 Å². The minimum Gasteiger partial charge on any atom is -0.282 e. The first-order valence-electron chi connectivity index (χ1n) is 10.2. The zero-order valence-electron chi connectivity index (χ0n) is 17.1. The fourth-order valence-electron chi connectivity index (χ4n) is 3.53. The minimum absolute atomic E-state index is 0.105. The number of fused-ring (bicyclic) bond motifs is 1. The van der Waals surface area contributed by atoms with E-state index in [1.54, 1.807) is 15.8 Å². The Hall–Kier alpha value is -3.48. The highest BCUT2D eigenvalue weighted by Crippen LogP contribution is 2.33. The van der Waals surface area contributed by atoms with Crippen molar-refractivity contribution in [2.24, 2.45) is 0 Å². The van der Waals surface area contributed by atoms with Crippen LogP contribution in [0.1, 0.15) is 10.4 Å². The van der Waals surface area contributed by atoms with Crippen molar-refractivity contribution in [2.45, 2.75) is 6.54 Å². The Morgan fingerprint density at radius 3 is 2.44 bits per heavy atom. The SMILES string of the molecule is O=C(c1ccc(-c2ccccc2)cc1)N(CCn1cccn1)c1nc2c(Cl)cccc2s1. The van der Waals surface area contributed by atoms with Gasteiger partial charge in [-0.1, -0.05) is 71.5 Å². The molecule has 0 saturated carbocycles. The molecule has 0 aliphatic carbocycles. The van der Waals surface area contributed by atoms with Crippen molar-refractivity contribution < 1.29 is 4.79 Å². The first-order valence-corrected chi connectivity index (χ1v) is 11.4. The molecule has 0 saturated heterocycles. The van der Waals surface area contributed by atoms with E-state index in [1.807, 2.05) is 72.9 Å². The normalized spacial score (nSPS) is 11.0. The van der Waals surface area contributed by atoms with E-state index in [4.69, 9.17) is 11.6 Å². The summed E-state index contributed by atoms with van der Waals surface area (Å²) >= 11 is 7.79. The first kappa shape index (κ1) is 20.4. The number of hydrogen-bond donors (Lipinski definition) is 0. The lowest BCUT2D eigenvalue weighted by Crippen LogP contribution is -2.34. The van der Waals surface area contributed by atoms with E-state index in [9.17, 15) is 4.79 Å². The molecule has 0 spiro atoms. The Balaban J connectivity index is 1.47. The molecule has 0 atom stereocenters. The van der Waals surface area contributed by atoms with Crippen LogP contribution in [-0.4, -0.2) is 27.2 Å². The van der Waals surface area contributed by atoms with E-state index in [-0.39, 0.29) is 5.91 Å². The van der Waals surface area contributed by atoms with Crippen LogP contribution < -0.4 is 4.90 Å². The van der Waals surface area contributed by atoms with E-state index in [1.165, 1.54) is 11.3 Å². The third-order valence-electron chi connectivity index (χ3n) is 5.19. The molecule has 5 aromatic rings. The zero-order valence-corrected chi connectivity index (χ0v) is 18.6. The van der Waals surface area contributed by atoms with Crippen molar-refractivity contribution in [1.29, 1.82) is 0 Å². The van der Waals surface area contributed by atoms with Gasteiger partial charge < -0.3 is 0 Å². The molecule has 0 aliphatic rings. The second-order valence-electron chi connectivity index (χ2n) is 7.25. The van der Waals surface area contributed by atoms with E-state index in [0.29, 0.717) is 34.3 Å². The Morgan fingerprint density at radius 2 is 1.72 bits per heavy atom. The lowest BCUT2D eigenvalue weighted by atomic mass is 10.0. The van der Waals surface area contributed by atoms with Crippen molar-refractivity contribution in [3.8, 4) is 11.1 Å². The van der Waals surface area contributed by atoms with Crippen LogP contribution in [0.2, 0.25) is 5.02 Å². The van der Waals surface area contributed by atoms with Gasteiger partial charge in [-0.05, 0) is 41.5 Å². The van der Waals surface area contributed by atoms with Gasteiger partial charge in [0.25, 0.3) is 5.91 Å². The maximum Gasteiger partial charge on any atom is 0.260 e. The van der Waals surface area contributed by atoms with Gasteiger partial charge in [-0.2, -0.15) is 5.10 Å². The Bertz CT molecular complexity index is 1350. The summed E-state index contributed by atoms with van der Waals surface area (Å²) in [6, 6.07) is 25.3. The predicted octanol–water partition coefficient (Wildman–Crippen LogP) is 6.16. The van der Waals surface area contributed by atoms with Gasteiger partial charge in [-0.25, -0.2) is 4.98 Å². The molecular formula is C25H19ClN4OS. The summed E-state index contributed by atoms with van der Waals surface area (Å²) in [6.07, 6.45) is 3.61. The molecule has 0 aliphatic heterocycles. The lowest BCUT2D eigenvalue weighted by Gasteiger charge is -2.20. The standard InChI is InChI=1S/C25H19ClN4OS/c26-21-8-4-9-22-23(21)28-25(32-22)30(17-16-29-15-5-14-27-29)24(31)20-12-10-19(11-13-20)18-6-2-1-3-7-18/h1-15H,16-17H2. The van der Waals surface area contributed by atoms with Gasteiger partial charge in [0.1, 0.15) is 5.52 Å². The summed E-state index contributed by atoms with van der Waals surface area (Å²) in [6.45, 7) is 1.00. The number of hydrogen-bond acceptors (Lipinski definition) is 4. The highest BCUT2D eigenvalue weighted by molar-refractivity contribution is 7.22. The Kier molecular flexibility index (Phi) is 5.71. The largest absolute Gasteiger partial charge is 0.282 e. The molecule has 7 heteroatoms. The van der Waals surface area contributed by atoms with E-state index >= 15 is 0 Å². The molecule has 1 amide bonds. The molecule has 5 rings (SSSR count). The van der Waals surface area contributed by atoms with Gasteiger partial charge in [0, 0.05) is 24.5 Å². The van der Waals surface area contributed by atoms with Crippen molar-refractivity contribution in [3.05, 3.63) is 102 Å². The Morgan fingerprint density at radius 1 is 0.938 bits per heavy atom. The molecule has 2 heterocycles. The van der Waals surface area contributed by atoms with Crippen LogP contribution in [0.25, 0.3) is 21.3 Å². The maximum atomic E-state index is 13.5. The third kappa shape index (κ3) is 4.15. The molecule has 158 valence electrons. The quantitative estimate of drug-likeness (QED) is 0.306. The fourth-order valence-corrected chi connectivity index (χ4v) is 4.82. The number of benzene rings is 3. The molecule has 0 unspecified atom stereocenters. The zero-order chi connectivity index (χ0) is 21.9. The number of aromatic nitrogens is 3. The average Bonchev–Trinajstić information content (AvgIpc) is 3.51. The topological polar surface area (TPSA) is 51.0 Å². The van der Waals surface area contributed by atoms with Gasteiger partial charge >= 0.3 is 0 Å². The van der Waals surface area contributed by atoms with Gasteiger partial charge in [-0.15, -0.1) is 0 Å². The molecule has 5 nitrogen and oxygen atoms in total. The summed E-state index contributed by atoms with van der Waals surface area (Å²) in [5, 5.41) is 5.46. The van der Waals surface area contributed by atoms with E-state index < -0.39 is 0 Å². The number of rotatable bonds is 6. The molecule has 32 heavy (non-hydrogen) atoms. The molecule has 0 radical (unpaired) electrons. The second kappa shape index (κ2) is 8.94. The number of thiazole rings is 1. The molecular weight excluding hydrogens is 440 g/mol. The van der Waals surface area contributed by atoms with Crippen molar-refractivity contribution in [1.82, 2.24) is 14.8 Å². The smallest absolute Gasteiger partial charge is 0.260 e. The van der Waals surface area contributed by atoms with Gasteiger partial charge in [-0.3, -0.25) is 14.4 Å². The minimum atomic E-state index is -0.105. The number of anilines is 1. The highest BCUT2D eigenvalue weighted by atomic mass is 35.5. The molecule has 0 bridgehead atoms. The number of nitrogens with zero attached hydrogens (tertiary/aromatic N) is 4. The van der Waals surface area contributed by atoms with Crippen LogP contribution in [0, 0.1) is 0 Å². The van der Waals surface area contributed by atoms with Crippen molar-refractivity contribution >= 4 is 44.2 Å². The summed E-state index contributed by atoms with van der Waals surface area (Å²) in [5.74, 6) is -0.105. The van der Waals surface area contributed by atoms with Crippen LogP contribution in [0.5, 0.6) is 0 Å². The summed E-state index contributed by atoms with van der Waals surface area (Å²) < 4.78 is 2.75. The first-order chi connectivity index (χ1) is 15.7. The van der Waals surface area contributed by atoms with Crippen LogP contribution in [-0.2, 0) is 6.54 Å². The number of amides is 1. The van der Waals surface area contributed by atoms with Crippen LogP contribution in [0.15, 0.2) is 91.3 Å². The fraction of sp³-hybridized carbons (Fsp3) is 0.0800. The van der Waals surface area contributed by atoms with Crippen LogP contribution in [0.3, 0.4) is 0 Å². The molecule has 2 aromatic heterocycles. The third-order valence-corrected chi connectivity index (χ3v) is 6.53. The Labute approximate surface area is 194 Å². The number of halogens is 1. The molecule has 3 aromatic carbocycles. The van der Waals surface area contributed by atoms with Gasteiger partial charge in [0.2, 0.25) is 0 Å². The van der Waals surface area contributed by atoms with Gasteiger partial charge in [0.05, 0.1) is 16.3 Å². The summed E-state index contributed by atoms with van der Waals surface area (Å²) in [5.41, 5.74) is 3.50. The molecule has 0 N–H and O–H groups in total. The summed E-state index contributed by atoms with van der Waals surface area (Å²) in [4.78, 5) is 19.9. The average molecular weight is 459 g/mol. The van der Waals surface area contributed by atoms with Crippen LogP contribution >= 0.6 is 22.9 Å². The number of carbonyl (C=O) groups excluding carboxylic acids is 1. The van der Waals surface area contributed by atoms with E-state index in [2.05, 4.69) is 22.2 Å². The lowest BCUT2D eigenvalue weighted by molar-refractivity contribution is 0.0986. The monoisotopic (exact) mass is 458 g/mol. The second-order valence-corrected chi connectivity index (χ2v) is 8.67. The number of carbonyl (C=O) groups is 1. The molecule has 0 fully saturated rings. The predicted molar refractivity (Wildman–Crippen MR) is 130 cm³/mol. The van der Waals surface area contributed by atoms with Crippen molar-refractivity contribution in [2.75, 3.05) is 11.4 Å². The number of para-hydroxylation sites is 1. The van der Waals surface area contributed by atoms with E-state index in [0.717, 1.165) is 15.8 Å². The summed E-state index contributed by atoms with van der Waals surface area (Å²) in [7, 11) is 0. The maximum absolute atomic E-state index is 13.5.